The maximum Gasteiger partial charge on any atom is 0.261 e. The molecule has 0 unspecified atom stereocenters. The zero-order valence-electron chi connectivity index (χ0n) is 15.7. The van der Waals surface area contributed by atoms with Crippen LogP contribution < -0.4 is 14.4 Å². The Bertz CT molecular complexity index is 766. The van der Waals surface area contributed by atoms with Crippen molar-refractivity contribution in [2.24, 2.45) is 0 Å². The summed E-state index contributed by atoms with van der Waals surface area (Å²) in [7, 11) is -3.62. The Morgan fingerprint density at radius 3 is 1.96 bits per heavy atom. The van der Waals surface area contributed by atoms with E-state index < -0.39 is 10.0 Å². The first-order valence-electron chi connectivity index (χ1n) is 9.10. The number of rotatable bonds is 10. The Hall–Kier alpha value is -2.21. The Kier molecular flexibility index (Phi) is 7.33. The molecule has 1 N–H and O–H groups in total. The highest BCUT2D eigenvalue weighted by Crippen LogP contribution is 2.22. The van der Waals surface area contributed by atoms with Gasteiger partial charge in [0.1, 0.15) is 5.75 Å². The van der Waals surface area contributed by atoms with E-state index in [-0.39, 0.29) is 4.90 Å². The van der Waals surface area contributed by atoms with Crippen molar-refractivity contribution in [2.45, 2.75) is 38.5 Å². The van der Waals surface area contributed by atoms with Crippen molar-refractivity contribution in [3.63, 3.8) is 0 Å². The van der Waals surface area contributed by atoms with Gasteiger partial charge in [-0.05, 0) is 68.3 Å². The van der Waals surface area contributed by atoms with Crippen molar-refractivity contribution < 1.29 is 13.2 Å². The smallest absolute Gasteiger partial charge is 0.261 e. The van der Waals surface area contributed by atoms with Gasteiger partial charge in [0.2, 0.25) is 0 Å². The third-order valence-electron chi connectivity index (χ3n) is 3.92. The molecule has 0 heterocycles. The molecule has 26 heavy (non-hydrogen) atoms. The molecule has 0 saturated heterocycles. The van der Waals surface area contributed by atoms with Crippen molar-refractivity contribution in [3.05, 3.63) is 48.5 Å². The standard InChI is InChI=1S/C20H28N2O3S/c1-4-15-22(16-5-2)18-9-7-17(8-10-18)21-26(23,24)20-13-11-19(12-14-20)25-6-3/h7-14,21H,4-6,15-16H2,1-3H3. The van der Waals surface area contributed by atoms with Gasteiger partial charge in [-0.25, -0.2) is 8.42 Å². The summed E-state index contributed by atoms with van der Waals surface area (Å²) in [5, 5.41) is 0. The lowest BCUT2D eigenvalue weighted by atomic mass is 10.2. The molecule has 6 heteroatoms. The Morgan fingerprint density at radius 2 is 1.46 bits per heavy atom. The molecule has 5 nitrogen and oxygen atoms in total. The van der Waals surface area contributed by atoms with Gasteiger partial charge < -0.3 is 9.64 Å². The number of ether oxygens (including phenoxy) is 1. The molecule has 0 aliphatic rings. The molecule has 0 saturated carbocycles. The van der Waals surface area contributed by atoms with E-state index >= 15 is 0 Å². The summed E-state index contributed by atoms with van der Waals surface area (Å²) in [6.07, 6.45) is 2.15. The summed E-state index contributed by atoms with van der Waals surface area (Å²) >= 11 is 0. The van der Waals surface area contributed by atoms with Gasteiger partial charge in [0.15, 0.2) is 0 Å². The molecule has 0 aliphatic heterocycles. The lowest BCUT2D eigenvalue weighted by Gasteiger charge is -2.24. The number of hydrogen-bond donors (Lipinski definition) is 1. The van der Waals surface area contributed by atoms with Crippen LogP contribution in [0.15, 0.2) is 53.4 Å². The van der Waals surface area contributed by atoms with Crippen LogP contribution in [-0.2, 0) is 10.0 Å². The first kappa shape index (κ1) is 20.1. The third kappa shape index (κ3) is 5.39. The molecular formula is C20H28N2O3S. The average Bonchev–Trinajstić information content (AvgIpc) is 2.63. The van der Waals surface area contributed by atoms with Crippen molar-refractivity contribution in [2.75, 3.05) is 29.3 Å². The number of nitrogens with one attached hydrogen (secondary N) is 1. The van der Waals surface area contributed by atoms with Gasteiger partial charge in [-0.3, -0.25) is 4.72 Å². The minimum Gasteiger partial charge on any atom is -0.494 e. The molecule has 0 fully saturated rings. The van der Waals surface area contributed by atoms with Crippen LogP contribution in [0.5, 0.6) is 5.75 Å². The highest BCUT2D eigenvalue weighted by molar-refractivity contribution is 7.92. The number of benzene rings is 2. The van der Waals surface area contributed by atoms with Crippen LogP contribution in [0.3, 0.4) is 0 Å². The van der Waals surface area contributed by atoms with Gasteiger partial charge in [-0.1, -0.05) is 13.8 Å². The maximum absolute atomic E-state index is 12.5. The summed E-state index contributed by atoms with van der Waals surface area (Å²) in [4.78, 5) is 2.52. The number of sulfonamides is 1. The van der Waals surface area contributed by atoms with Crippen LogP contribution in [0.25, 0.3) is 0 Å². The van der Waals surface area contributed by atoms with E-state index in [4.69, 9.17) is 4.74 Å². The molecule has 0 aliphatic carbocycles. The minimum absolute atomic E-state index is 0.212. The predicted molar refractivity (Wildman–Crippen MR) is 108 cm³/mol. The largest absolute Gasteiger partial charge is 0.494 e. The fourth-order valence-corrected chi connectivity index (χ4v) is 3.80. The zero-order valence-corrected chi connectivity index (χ0v) is 16.6. The Labute approximate surface area is 157 Å². The summed E-state index contributed by atoms with van der Waals surface area (Å²) in [6.45, 7) is 8.72. The second-order valence-corrected chi connectivity index (χ2v) is 7.73. The average molecular weight is 377 g/mol. The minimum atomic E-state index is -3.62. The van der Waals surface area contributed by atoms with Crippen LogP contribution in [0, 0.1) is 0 Å². The summed E-state index contributed by atoms with van der Waals surface area (Å²) < 4.78 is 33.0. The van der Waals surface area contributed by atoms with Gasteiger partial charge in [0, 0.05) is 24.5 Å². The highest BCUT2D eigenvalue weighted by Gasteiger charge is 2.14. The van der Waals surface area contributed by atoms with Crippen LogP contribution in [0.2, 0.25) is 0 Å². The molecule has 0 spiro atoms. The van der Waals surface area contributed by atoms with E-state index in [2.05, 4.69) is 23.5 Å². The van der Waals surface area contributed by atoms with E-state index in [1.807, 2.05) is 19.1 Å². The number of hydrogen-bond acceptors (Lipinski definition) is 4. The van der Waals surface area contributed by atoms with E-state index in [1.54, 1.807) is 36.4 Å². The topological polar surface area (TPSA) is 58.6 Å². The fraction of sp³-hybridized carbons (Fsp3) is 0.400. The van der Waals surface area contributed by atoms with Gasteiger partial charge in [0.25, 0.3) is 10.0 Å². The van der Waals surface area contributed by atoms with E-state index in [9.17, 15) is 8.42 Å². The van der Waals surface area contributed by atoms with Crippen LogP contribution in [0.4, 0.5) is 11.4 Å². The lowest BCUT2D eigenvalue weighted by molar-refractivity contribution is 0.340. The highest BCUT2D eigenvalue weighted by atomic mass is 32.2. The molecule has 0 amide bonds. The SMILES string of the molecule is CCCN(CCC)c1ccc(NS(=O)(=O)c2ccc(OCC)cc2)cc1. The second-order valence-electron chi connectivity index (χ2n) is 6.04. The normalized spacial score (nSPS) is 11.2. The first-order chi connectivity index (χ1) is 12.5. The molecule has 2 aromatic carbocycles. The molecule has 0 radical (unpaired) electrons. The van der Waals surface area contributed by atoms with Crippen molar-refractivity contribution >= 4 is 21.4 Å². The molecule has 0 aromatic heterocycles. The van der Waals surface area contributed by atoms with E-state index in [0.29, 0.717) is 18.0 Å². The molecule has 142 valence electrons. The quantitative estimate of drug-likeness (QED) is 0.663. The van der Waals surface area contributed by atoms with Crippen LogP contribution in [0.1, 0.15) is 33.6 Å². The monoisotopic (exact) mass is 376 g/mol. The van der Waals surface area contributed by atoms with E-state index in [0.717, 1.165) is 31.6 Å². The van der Waals surface area contributed by atoms with Crippen LogP contribution in [-0.4, -0.2) is 28.1 Å². The van der Waals surface area contributed by atoms with Crippen LogP contribution >= 0.6 is 0 Å². The van der Waals surface area contributed by atoms with Crippen molar-refractivity contribution in [1.29, 1.82) is 0 Å². The third-order valence-corrected chi connectivity index (χ3v) is 5.31. The molecule has 0 atom stereocenters. The summed E-state index contributed by atoms with van der Waals surface area (Å²) in [6, 6.07) is 13.9. The van der Waals surface area contributed by atoms with Gasteiger partial charge in [-0.2, -0.15) is 0 Å². The van der Waals surface area contributed by atoms with Crippen molar-refractivity contribution in [1.82, 2.24) is 0 Å². The Morgan fingerprint density at radius 1 is 0.885 bits per heavy atom. The lowest BCUT2D eigenvalue weighted by Crippen LogP contribution is -2.24. The van der Waals surface area contributed by atoms with Gasteiger partial charge >= 0.3 is 0 Å². The van der Waals surface area contributed by atoms with E-state index in [1.165, 1.54) is 0 Å². The summed E-state index contributed by atoms with van der Waals surface area (Å²) in [5.41, 5.74) is 1.66. The van der Waals surface area contributed by atoms with Gasteiger partial charge in [-0.15, -0.1) is 0 Å². The number of anilines is 2. The first-order valence-corrected chi connectivity index (χ1v) is 10.6. The number of nitrogens with zero attached hydrogens (tertiary/aromatic N) is 1. The van der Waals surface area contributed by atoms with Gasteiger partial charge in [0.05, 0.1) is 11.5 Å². The molecule has 0 bridgehead atoms. The predicted octanol–water partition coefficient (Wildman–Crippen LogP) is 4.51. The second kappa shape index (κ2) is 9.48. The molecular weight excluding hydrogens is 348 g/mol. The van der Waals surface area contributed by atoms with Crippen molar-refractivity contribution in [3.8, 4) is 5.75 Å². The fourth-order valence-electron chi connectivity index (χ4n) is 2.75. The molecule has 2 rings (SSSR count). The Balaban J connectivity index is 2.11. The summed E-state index contributed by atoms with van der Waals surface area (Å²) in [5.74, 6) is 0.655. The maximum atomic E-state index is 12.5. The molecule has 2 aromatic rings. The zero-order chi connectivity index (χ0) is 19.0.